The van der Waals surface area contributed by atoms with Crippen molar-refractivity contribution in [1.29, 1.82) is 0 Å². The predicted molar refractivity (Wildman–Crippen MR) is 81.4 cm³/mol. The lowest BCUT2D eigenvalue weighted by Gasteiger charge is -2.23. The molecule has 0 spiro atoms. The molecule has 0 aromatic heterocycles. The van der Waals surface area contributed by atoms with Gasteiger partial charge in [-0.3, -0.25) is 4.79 Å². The lowest BCUT2D eigenvalue weighted by atomic mass is 9.89. The fourth-order valence-corrected chi connectivity index (χ4v) is 4.08. The van der Waals surface area contributed by atoms with Gasteiger partial charge in [-0.15, -0.1) is 0 Å². The number of nitrogens with two attached hydrogens (primary N) is 1. The van der Waals surface area contributed by atoms with Crippen LogP contribution in [0.5, 0.6) is 5.75 Å². The Balaban J connectivity index is 1.56. The average Bonchev–Trinajstić information content (AvgIpc) is 3.37. The first-order valence-electron chi connectivity index (χ1n) is 8.35. The SMILES string of the molecule is NC(=O)c1cc(C2CC2)c(OCC23CCCCC2C3)cc1F. The molecular formula is C18H22FNO2. The normalized spacial score (nSPS) is 29.8. The van der Waals surface area contributed by atoms with Crippen LogP contribution in [0.2, 0.25) is 0 Å². The minimum absolute atomic E-state index is 0.0191. The number of halogens is 1. The van der Waals surface area contributed by atoms with Gasteiger partial charge in [0.1, 0.15) is 11.6 Å². The topological polar surface area (TPSA) is 52.3 Å². The molecule has 2 atom stereocenters. The molecule has 2 N–H and O–H groups in total. The second-order valence-corrected chi connectivity index (χ2v) is 7.31. The summed E-state index contributed by atoms with van der Waals surface area (Å²) in [5.41, 5.74) is 6.54. The molecule has 0 bridgehead atoms. The Labute approximate surface area is 130 Å². The van der Waals surface area contributed by atoms with Crippen LogP contribution < -0.4 is 10.5 Å². The van der Waals surface area contributed by atoms with Gasteiger partial charge in [0, 0.05) is 11.5 Å². The number of fused-ring (bicyclic) bond motifs is 1. The molecule has 3 aliphatic carbocycles. The van der Waals surface area contributed by atoms with Gasteiger partial charge in [-0.1, -0.05) is 12.8 Å². The maximum absolute atomic E-state index is 14.1. The summed E-state index contributed by atoms with van der Waals surface area (Å²) in [7, 11) is 0. The van der Waals surface area contributed by atoms with Gasteiger partial charge in [-0.25, -0.2) is 4.39 Å². The van der Waals surface area contributed by atoms with Crippen LogP contribution in [0.25, 0.3) is 0 Å². The fraction of sp³-hybridized carbons (Fsp3) is 0.611. The van der Waals surface area contributed by atoms with Crippen LogP contribution in [0, 0.1) is 17.2 Å². The summed E-state index contributed by atoms with van der Waals surface area (Å²) in [6.07, 6.45) is 8.58. The van der Waals surface area contributed by atoms with E-state index in [-0.39, 0.29) is 5.56 Å². The molecule has 118 valence electrons. The maximum atomic E-state index is 14.1. The monoisotopic (exact) mass is 303 g/mol. The summed E-state index contributed by atoms with van der Waals surface area (Å²) >= 11 is 0. The van der Waals surface area contributed by atoms with Crippen LogP contribution in [0.15, 0.2) is 12.1 Å². The highest BCUT2D eigenvalue weighted by atomic mass is 19.1. The lowest BCUT2D eigenvalue weighted by Crippen LogP contribution is -2.19. The van der Waals surface area contributed by atoms with Gasteiger partial charge in [0.2, 0.25) is 0 Å². The van der Waals surface area contributed by atoms with Gasteiger partial charge in [0.15, 0.2) is 0 Å². The molecule has 3 fully saturated rings. The van der Waals surface area contributed by atoms with Crippen LogP contribution in [-0.2, 0) is 0 Å². The summed E-state index contributed by atoms with van der Waals surface area (Å²) in [4.78, 5) is 11.3. The third kappa shape index (κ3) is 2.38. The van der Waals surface area contributed by atoms with Gasteiger partial charge < -0.3 is 10.5 Å². The Morgan fingerprint density at radius 3 is 2.82 bits per heavy atom. The van der Waals surface area contributed by atoms with Crippen molar-refractivity contribution in [2.75, 3.05) is 6.61 Å². The number of ether oxygens (including phenoxy) is 1. The van der Waals surface area contributed by atoms with E-state index >= 15 is 0 Å². The van der Waals surface area contributed by atoms with Crippen molar-refractivity contribution in [2.45, 2.75) is 50.9 Å². The summed E-state index contributed by atoms with van der Waals surface area (Å²) in [5.74, 6) is 0.544. The zero-order chi connectivity index (χ0) is 15.3. The zero-order valence-electron chi connectivity index (χ0n) is 12.7. The molecule has 4 rings (SSSR count). The summed E-state index contributed by atoms with van der Waals surface area (Å²) in [6.45, 7) is 0.687. The largest absolute Gasteiger partial charge is 0.493 e. The van der Waals surface area contributed by atoms with Crippen molar-refractivity contribution in [1.82, 2.24) is 0 Å². The third-order valence-electron chi connectivity index (χ3n) is 5.73. The van der Waals surface area contributed by atoms with Gasteiger partial charge >= 0.3 is 0 Å². The molecule has 3 aliphatic rings. The molecule has 2 unspecified atom stereocenters. The van der Waals surface area contributed by atoms with Crippen molar-refractivity contribution in [3.63, 3.8) is 0 Å². The quantitative estimate of drug-likeness (QED) is 0.900. The van der Waals surface area contributed by atoms with E-state index < -0.39 is 11.7 Å². The van der Waals surface area contributed by atoms with Crippen LogP contribution in [0.4, 0.5) is 4.39 Å². The molecule has 4 heteroatoms. The van der Waals surface area contributed by atoms with Crippen molar-refractivity contribution < 1.29 is 13.9 Å². The number of amides is 1. The number of benzene rings is 1. The summed E-state index contributed by atoms with van der Waals surface area (Å²) < 4.78 is 20.1. The Bertz CT molecular complexity index is 626. The first kappa shape index (κ1) is 14.0. The molecule has 0 saturated heterocycles. The molecule has 1 aromatic rings. The fourth-order valence-electron chi connectivity index (χ4n) is 4.08. The Hall–Kier alpha value is -1.58. The second kappa shape index (κ2) is 4.97. The van der Waals surface area contributed by atoms with Gasteiger partial charge in [-0.2, -0.15) is 0 Å². The van der Waals surface area contributed by atoms with E-state index in [2.05, 4.69) is 0 Å². The lowest BCUT2D eigenvalue weighted by molar-refractivity contribution is 0.0996. The molecule has 3 saturated carbocycles. The second-order valence-electron chi connectivity index (χ2n) is 7.31. The van der Waals surface area contributed by atoms with Crippen LogP contribution >= 0.6 is 0 Å². The Morgan fingerprint density at radius 2 is 2.14 bits per heavy atom. The van der Waals surface area contributed by atoms with Crippen LogP contribution in [0.1, 0.15) is 66.8 Å². The first-order valence-corrected chi connectivity index (χ1v) is 8.35. The molecule has 3 nitrogen and oxygen atoms in total. The van der Waals surface area contributed by atoms with Crippen molar-refractivity contribution in [3.8, 4) is 5.75 Å². The van der Waals surface area contributed by atoms with Crippen LogP contribution in [0.3, 0.4) is 0 Å². The van der Waals surface area contributed by atoms with Crippen molar-refractivity contribution >= 4 is 5.91 Å². The first-order chi connectivity index (χ1) is 10.6. The highest BCUT2D eigenvalue weighted by Gasteiger charge is 2.55. The number of primary amides is 1. The standard InChI is InChI=1S/C18H22FNO2/c19-15-8-16(13(11-4-5-11)7-14(15)17(20)21)22-10-18-6-2-1-3-12(18)9-18/h7-8,11-12H,1-6,9-10H2,(H2,20,21). The highest BCUT2D eigenvalue weighted by Crippen LogP contribution is 2.61. The van der Waals surface area contributed by atoms with E-state index in [1.165, 1.54) is 38.2 Å². The van der Waals surface area contributed by atoms with Gasteiger partial charge in [0.25, 0.3) is 5.91 Å². The summed E-state index contributed by atoms with van der Waals surface area (Å²) in [5, 5.41) is 0. The smallest absolute Gasteiger partial charge is 0.251 e. The minimum atomic E-state index is -0.709. The minimum Gasteiger partial charge on any atom is -0.493 e. The van der Waals surface area contributed by atoms with E-state index in [4.69, 9.17) is 10.5 Å². The number of hydrogen-bond donors (Lipinski definition) is 1. The van der Waals surface area contributed by atoms with Crippen LogP contribution in [-0.4, -0.2) is 12.5 Å². The van der Waals surface area contributed by atoms with Gasteiger partial charge in [-0.05, 0) is 55.6 Å². The molecule has 0 aliphatic heterocycles. The van der Waals surface area contributed by atoms with Crippen molar-refractivity contribution in [2.24, 2.45) is 17.1 Å². The number of rotatable bonds is 5. The average molecular weight is 303 g/mol. The van der Waals surface area contributed by atoms with E-state index in [1.807, 2.05) is 0 Å². The third-order valence-corrected chi connectivity index (χ3v) is 5.73. The molecule has 0 radical (unpaired) electrons. The Morgan fingerprint density at radius 1 is 1.32 bits per heavy atom. The number of carbonyl (C=O) groups excluding carboxylic acids is 1. The van der Waals surface area contributed by atoms with E-state index in [0.29, 0.717) is 23.7 Å². The Kier molecular flexibility index (Phi) is 3.17. The number of carbonyl (C=O) groups is 1. The van der Waals surface area contributed by atoms with E-state index in [0.717, 1.165) is 24.3 Å². The molecular weight excluding hydrogens is 281 g/mol. The molecule has 22 heavy (non-hydrogen) atoms. The van der Waals surface area contributed by atoms with E-state index in [1.54, 1.807) is 6.07 Å². The number of hydrogen-bond acceptors (Lipinski definition) is 2. The molecule has 1 aromatic carbocycles. The summed E-state index contributed by atoms with van der Waals surface area (Å²) in [6, 6.07) is 2.97. The molecule has 1 amide bonds. The predicted octanol–water partition coefficient (Wildman–Crippen LogP) is 3.76. The molecule has 0 heterocycles. The zero-order valence-corrected chi connectivity index (χ0v) is 12.7. The van der Waals surface area contributed by atoms with E-state index in [9.17, 15) is 9.18 Å². The highest BCUT2D eigenvalue weighted by molar-refractivity contribution is 5.93. The van der Waals surface area contributed by atoms with Crippen molar-refractivity contribution in [3.05, 3.63) is 29.1 Å². The maximum Gasteiger partial charge on any atom is 0.251 e. The van der Waals surface area contributed by atoms with Gasteiger partial charge in [0.05, 0.1) is 12.2 Å².